The monoisotopic (exact) mass is 559 g/mol. The third-order valence-electron chi connectivity index (χ3n) is 7.77. The predicted octanol–water partition coefficient (Wildman–Crippen LogP) is 4.48. The number of hydrogen-bond donors (Lipinski definition) is 1. The maximum atomic E-state index is 13.9. The molecule has 0 unspecified atom stereocenters. The molecular weight excluding hydrogens is 526 g/mol. The number of halogens is 1. The number of benzene rings is 3. The third-order valence-corrected chi connectivity index (χ3v) is 8.02. The maximum absolute atomic E-state index is 13.9. The Balaban J connectivity index is 1.37. The van der Waals surface area contributed by atoms with Gasteiger partial charge in [-0.3, -0.25) is 19.3 Å². The molecule has 3 aromatic carbocycles. The molecule has 1 fully saturated rings. The molecule has 0 aromatic heterocycles. The summed E-state index contributed by atoms with van der Waals surface area (Å²) < 4.78 is 0. The fourth-order valence-corrected chi connectivity index (χ4v) is 5.98. The van der Waals surface area contributed by atoms with Crippen molar-refractivity contribution in [1.82, 2.24) is 4.90 Å². The lowest BCUT2D eigenvalue weighted by molar-refractivity contribution is -0.119. The van der Waals surface area contributed by atoms with Crippen LogP contribution in [0.15, 0.2) is 72.8 Å². The van der Waals surface area contributed by atoms with Crippen molar-refractivity contribution in [3.8, 4) is 0 Å². The van der Waals surface area contributed by atoms with Gasteiger partial charge in [-0.15, -0.1) is 0 Å². The van der Waals surface area contributed by atoms with E-state index < -0.39 is 0 Å². The number of carbonyl (C=O) groups is 3. The molecule has 40 heavy (non-hydrogen) atoms. The van der Waals surface area contributed by atoms with Crippen LogP contribution in [0.25, 0.3) is 0 Å². The third kappa shape index (κ3) is 5.69. The average Bonchev–Trinajstić information content (AvgIpc) is 2.94. The zero-order chi connectivity index (χ0) is 28.4. The van der Waals surface area contributed by atoms with Gasteiger partial charge in [0.2, 0.25) is 11.8 Å². The number of para-hydroxylation sites is 1. The zero-order valence-corrected chi connectivity index (χ0v) is 23.6. The standard InChI is InChI=1S/C31H34ClN5O3/c1-21-19-29(37(22(2)38)26-13-9-24(32)10-14-26)27-5-3-4-6-28(27)36(21)31(40)23-7-11-25(12-8-23)35-17-15-34(16-18-35)20-30(33)39/h3-14,21,29H,15-20H2,1-2H3,(H2,33,39)/t21-,29+/m0/s1. The van der Waals surface area contributed by atoms with Crippen LogP contribution in [-0.2, 0) is 9.59 Å². The van der Waals surface area contributed by atoms with Crippen molar-refractivity contribution in [2.45, 2.75) is 32.4 Å². The summed E-state index contributed by atoms with van der Waals surface area (Å²) in [7, 11) is 0. The number of nitrogens with two attached hydrogens (primary N) is 1. The minimum atomic E-state index is -0.310. The Morgan fingerprint density at radius 1 is 0.925 bits per heavy atom. The van der Waals surface area contributed by atoms with E-state index in [9.17, 15) is 14.4 Å². The second-order valence-electron chi connectivity index (χ2n) is 10.5. The summed E-state index contributed by atoms with van der Waals surface area (Å²) in [5.74, 6) is -0.452. The minimum absolute atomic E-state index is 0.0693. The zero-order valence-electron chi connectivity index (χ0n) is 22.8. The summed E-state index contributed by atoms with van der Waals surface area (Å²) in [6, 6.07) is 22.5. The molecule has 2 atom stereocenters. The highest BCUT2D eigenvalue weighted by molar-refractivity contribution is 6.30. The van der Waals surface area contributed by atoms with Crippen LogP contribution < -0.4 is 20.4 Å². The molecule has 8 nitrogen and oxygen atoms in total. The number of nitrogens with zero attached hydrogens (tertiary/aromatic N) is 4. The molecule has 208 valence electrons. The maximum Gasteiger partial charge on any atom is 0.258 e. The first kappa shape index (κ1) is 27.7. The number of primary amides is 1. The van der Waals surface area contributed by atoms with Crippen molar-refractivity contribution < 1.29 is 14.4 Å². The van der Waals surface area contributed by atoms with Crippen LogP contribution in [0.3, 0.4) is 0 Å². The largest absolute Gasteiger partial charge is 0.369 e. The molecule has 0 radical (unpaired) electrons. The van der Waals surface area contributed by atoms with Crippen molar-refractivity contribution >= 4 is 46.4 Å². The second kappa shape index (κ2) is 11.7. The smallest absolute Gasteiger partial charge is 0.258 e. The van der Waals surface area contributed by atoms with E-state index >= 15 is 0 Å². The Labute approximate surface area is 239 Å². The van der Waals surface area contributed by atoms with Crippen molar-refractivity contribution in [1.29, 1.82) is 0 Å². The van der Waals surface area contributed by atoms with E-state index in [1.807, 2.05) is 72.5 Å². The molecule has 0 bridgehead atoms. The van der Waals surface area contributed by atoms with E-state index in [0.29, 0.717) is 17.0 Å². The van der Waals surface area contributed by atoms with Gasteiger partial charge >= 0.3 is 0 Å². The van der Waals surface area contributed by atoms with Crippen molar-refractivity contribution in [3.05, 3.63) is 88.9 Å². The van der Waals surface area contributed by atoms with Crippen LogP contribution in [0.5, 0.6) is 0 Å². The lowest BCUT2D eigenvalue weighted by atomic mass is 9.89. The molecule has 5 rings (SSSR count). The molecule has 2 aliphatic heterocycles. The van der Waals surface area contributed by atoms with Crippen molar-refractivity contribution in [2.24, 2.45) is 5.73 Å². The fraction of sp³-hybridized carbons (Fsp3) is 0.323. The molecule has 2 N–H and O–H groups in total. The number of rotatable bonds is 6. The molecular formula is C31H34ClN5O3. The Morgan fingerprint density at radius 2 is 1.57 bits per heavy atom. The summed E-state index contributed by atoms with van der Waals surface area (Å²) in [6.45, 7) is 6.99. The van der Waals surface area contributed by atoms with E-state index in [1.165, 1.54) is 0 Å². The number of piperazine rings is 1. The van der Waals surface area contributed by atoms with Gasteiger partial charge in [-0.25, -0.2) is 0 Å². The van der Waals surface area contributed by atoms with Gasteiger partial charge in [-0.05, 0) is 73.5 Å². The van der Waals surface area contributed by atoms with Gasteiger partial charge in [-0.1, -0.05) is 29.8 Å². The summed E-state index contributed by atoms with van der Waals surface area (Å²) in [6.07, 6.45) is 0.596. The molecule has 3 amide bonds. The van der Waals surface area contributed by atoms with Crippen LogP contribution in [0.2, 0.25) is 5.02 Å². The Morgan fingerprint density at radius 3 is 2.20 bits per heavy atom. The van der Waals surface area contributed by atoms with Crippen LogP contribution in [0, 0.1) is 0 Å². The normalized spacial score (nSPS) is 19.2. The number of anilines is 3. The highest BCUT2D eigenvalue weighted by Gasteiger charge is 2.38. The van der Waals surface area contributed by atoms with E-state index in [2.05, 4.69) is 9.80 Å². The number of hydrogen-bond acceptors (Lipinski definition) is 5. The van der Waals surface area contributed by atoms with Gasteiger partial charge in [0, 0.05) is 66.8 Å². The van der Waals surface area contributed by atoms with E-state index in [4.69, 9.17) is 17.3 Å². The first-order valence-electron chi connectivity index (χ1n) is 13.6. The van der Waals surface area contributed by atoms with Crippen LogP contribution >= 0.6 is 11.6 Å². The molecule has 0 aliphatic carbocycles. The molecule has 3 aromatic rings. The summed E-state index contributed by atoms with van der Waals surface area (Å²) in [5.41, 5.74) is 9.50. The van der Waals surface area contributed by atoms with Crippen LogP contribution in [0.1, 0.15) is 42.2 Å². The van der Waals surface area contributed by atoms with E-state index in [1.54, 1.807) is 24.0 Å². The summed E-state index contributed by atoms with van der Waals surface area (Å²) in [4.78, 5) is 46.0. The SMILES string of the molecule is CC(=O)N(c1ccc(Cl)cc1)[C@@H]1C[C@H](C)N(C(=O)c2ccc(N3CCN(CC(N)=O)CC3)cc2)c2ccccc21. The van der Waals surface area contributed by atoms with Gasteiger partial charge < -0.3 is 20.4 Å². The Bertz CT molecular complexity index is 1390. The molecule has 0 saturated carbocycles. The quantitative estimate of drug-likeness (QED) is 0.481. The van der Waals surface area contributed by atoms with Gasteiger partial charge in [0.05, 0.1) is 12.6 Å². The number of carbonyl (C=O) groups excluding carboxylic acids is 3. The predicted molar refractivity (Wildman–Crippen MR) is 159 cm³/mol. The highest BCUT2D eigenvalue weighted by Crippen LogP contribution is 2.43. The topological polar surface area (TPSA) is 90.2 Å². The number of fused-ring (bicyclic) bond motifs is 1. The van der Waals surface area contributed by atoms with Crippen molar-refractivity contribution in [3.63, 3.8) is 0 Å². The van der Waals surface area contributed by atoms with Gasteiger partial charge in [0.1, 0.15) is 0 Å². The average molecular weight is 560 g/mol. The summed E-state index contributed by atoms with van der Waals surface area (Å²) >= 11 is 6.11. The Kier molecular flexibility index (Phi) is 8.09. The van der Waals surface area contributed by atoms with Gasteiger partial charge in [-0.2, -0.15) is 0 Å². The Hall–Kier alpha value is -3.88. The first-order valence-corrected chi connectivity index (χ1v) is 13.9. The lowest BCUT2D eigenvalue weighted by Gasteiger charge is -2.43. The number of amides is 3. The summed E-state index contributed by atoms with van der Waals surface area (Å²) in [5, 5.41) is 0.609. The molecule has 2 aliphatic rings. The van der Waals surface area contributed by atoms with E-state index in [-0.39, 0.29) is 36.3 Å². The molecule has 1 saturated heterocycles. The van der Waals surface area contributed by atoms with Gasteiger partial charge in [0.15, 0.2) is 0 Å². The van der Waals surface area contributed by atoms with E-state index in [0.717, 1.165) is 48.8 Å². The molecule has 9 heteroatoms. The van der Waals surface area contributed by atoms with Crippen LogP contribution in [-0.4, -0.2) is 61.4 Å². The minimum Gasteiger partial charge on any atom is -0.369 e. The van der Waals surface area contributed by atoms with Gasteiger partial charge in [0.25, 0.3) is 5.91 Å². The van der Waals surface area contributed by atoms with Crippen molar-refractivity contribution in [2.75, 3.05) is 47.4 Å². The molecule has 0 spiro atoms. The van der Waals surface area contributed by atoms with Crippen LogP contribution in [0.4, 0.5) is 17.1 Å². The lowest BCUT2D eigenvalue weighted by Crippen LogP contribution is -2.49. The highest BCUT2D eigenvalue weighted by atomic mass is 35.5. The second-order valence-corrected chi connectivity index (χ2v) is 10.9. The first-order chi connectivity index (χ1) is 19.2. The molecule has 2 heterocycles. The fourth-order valence-electron chi connectivity index (χ4n) is 5.86.